The van der Waals surface area contributed by atoms with Crippen LogP contribution in [-0.2, 0) is 6.18 Å². The Morgan fingerprint density at radius 2 is 1.57 bits per heavy atom. The van der Waals surface area contributed by atoms with Crippen molar-refractivity contribution in [2.24, 2.45) is 0 Å². The van der Waals surface area contributed by atoms with Gasteiger partial charge in [0, 0.05) is 0 Å². The molecule has 0 unspecified atom stereocenters. The molecule has 0 amide bonds. The van der Waals surface area contributed by atoms with Gasteiger partial charge in [-0.25, -0.2) is 9.48 Å². The molecule has 28 heavy (non-hydrogen) atoms. The first-order valence-electron chi connectivity index (χ1n) is 7.04. The van der Waals surface area contributed by atoms with Crippen molar-refractivity contribution in [3.8, 4) is 0 Å². The van der Waals surface area contributed by atoms with Gasteiger partial charge in [-0.05, 0) is 23.4 Å². The summed E-state index contributed by atoms with van der Waals surface area (Å²) in [6, 6.07) is 3.58. The molecule has 16 heteroatoms. The fourth-order valence-electron chi connectivity index (χ4n) is 1.78. The van der Waals surface area contributed by atoms with Crippen LogP contribution in [0.15, 0.2) is 18.2 Å². The van der Waals surface area contributed by atoms with Crippen molar-refractivity contribution in [1.82, 2.24) is 20.1 Å². The van der Waals surface area contributed by atoms with Gasteiger partial charge in [0.25, 0.3) is 0 Å². The Labute approximate surface area is 152 Å². The minimum atomic E-state index is -10.7. The summed E-state index contributed by atoms with van der Waals surface area (Å²) in [6.07, 6.45) is -4.43. The zero-order valence-electron chi connectivity index (χ0n) is 14.7. The molecule has 0 aliphatic heterocycles. The van der Waals surface area contributed by atoms with E-state index in [9.17, 15) is 38.4 Å². The van der Waals surface area contributed by atoms with E-state index in [4.69, 9.17) is 4.84 Å². The molecule has 0 aliphatic rings. The van der Waals surface area contributed by atoms with E-state index in [0.717, 1.165) is 17.0 Å². The summed E-state index contributed by atoms with van der Waals surface area (Å²) < 4.78 is 99.1. The van der Waals surface area contributed by atoms with Crippen LogP contribution in [0, 0.1) is 0 Å². The van der Waals surface area contributed by atoms with E-state index < -0.39 is 19.5 Å². The molecule has 6 nitrogen and oxygen atoms in total. The Morgan fingerprint density at radius 1 is 1.07 bits per heavy atom. The van der Waals surface area contributed by atoms with E-state index in [1.165, 1.54) is 6.07 Å². The molecule has 2 aromatic rings. The van der Waals surface area contributed by atoms with Crippen molar-refractivity contribution >= 4 is 24.9 Å². The number of alkyl halides is 3. The molecular formula is C12H15F9N5OP. The Balaban J connectivity index is 0.000000480. The number of hydrogen-bond acceptors (Lipinski definition) is 3. The number of aromatic nitrogens is 3. The molecule has 1 aromatic heterocycles. The Morgan fingerprint density at radius 3 is 1.96 bits per heavy atom. The van der Waals surface area contributed by atoms with E-state index >= 15 is 0 Å². The minimum absolute atomic E-state index is 0.144. The van der Waals surface area contributed by atoms with Gasteiger partial charge in [-0.3, -0.25) is 4.84 Å². The zero-order valence-corrected chi connectivity index (χ0v) is 15.6. The number of rotatable bonds is 1. The van der Waals surface area contributed by atoms with Gasteiger partial charge in [0.15, 0.2) is 0 Å². The van der Waals surface area contributed by atoms with Crippen LogP contribution in [0.1, 0.15) is 5.56 Å². The number of benzene rings is 1. The van der Waals surface area contributed by atoms with Crippen molar-refractivity contribution in [1.29, 1.82) is 0 Å². The van der Waals surface area contributed by atoms with E-state index in [1.807, 2.05) is 0 Å². The number of amidine groups is 1. The number of hydrogen-bond donors (Lipinski definition) is 0. The molecule has 0 aliphatic carbocycles. The van der Waals surface area contributed by atoms with E-state index in [1.54, 1.807) is 37.7 Å². The van der Waals surface area contributed by atoms with Gasteiger partial charge in [0.2, 0.25) is 0 Å². The molecule has 162 valence electrons. The predicted octanol–water partition coefficient (Wildman–Crippen LogP) is 4.45. The summed E-state index contributed by atoms with van der Waals surface area (Å²) in [6.45, 7) is 0. The van der Waals surface area contributed by atoms with Crippen LogP contribution in [0.4, 0.5) is 38.4 Å². The van der Waals surface area contributed by atoms with Crippen molar-refractivity contribution in [2.75, 3.05) is 28.2 Å². The molecule has 0 radical (unpaired) electrons. The molecule has 2 rings (SSSR count). The monoisotopic (exact) mass is 447 g/mol. The topological polar surface area (TPSA) is 46.2 Å². The third kappa shape index (κ3) is 8.59. The van der Waals surface area contributed by atoms with Crippen molar-refractivity contribution in [3.05, 3.63) is 23.8 Å². The van der Waals surface area contributed by atoms with Crippen LogP contribution < -0.4 is 4.84 Å². The average Bonchev–Trinajstić information content (AvgIpc) is 2.81. The maximum absolute atomic E-state index is 12.8. The summed E-state index contributed by atoms with van der Waals surface area (Å²) in [5.74, 6) is 0. The zero-order chi connectivity index (χ0) is 22.2. The first-order valence-corrected chi connectivity index (χ1v) is 9.07. The fraction of sp³-hybridized carbons (Fsp3) is 0.417. The van der Waals surface area contributed by atoms with Crippen molar-refractivity contribution < 1.29 is 47.8 Å². The Bertz CT molecular complexity index is 871. The normalized spacial score (nSPS) is 14.5. The Hall–Kier alpha value is -2.31. The van der Waals surface area contributed by atoms with E-state index in [2.05, 4.69) is 10.3 Å². The Kier molecular flexibility index (Phi) is 5.63. The van der Waals surface area contributed by atoms with E-state index in [0.29, 0.717) is 11.5 Å². The molecule has 1 heterocycles. The average molecular weight is 447 g/mol. The molecule has 0 fully saturated rings. The quantitative estimate of drug-likeness (QED) is 0.213. The molecule has 1 aromatic carbocycles. The summed E-state index contributed by atoms with van der Waals surface area (Å²) in [5, 5.41) is 7.51. The summed E-state index contributed by atoms with van der Waals surface area (Å²) in [5.41, 5.74) is -0.315. The van der Waals surface area contributed by atoms with Gasteiger partial charge in [0.05, 0.1) is 33.8 Å². The third-order valence-electron chi connectivity index (χ3n) is 2.68. The summed E-state index contributed by atoms with van der Waals surface area (Å²) >= 11 is 0. The summed E-state index contributed by atoms with van der Waals surface area (Å²) in [7, 11) is -3.67. The standard InChI is InChI=1S/C12H15F3N5O.F6P/c1-18(2)11(19(3)4)21-20-10-7-8(12(13,14)15)5-6-9(10)16-17-20;1-7(2,3,4,5)6/h5-7H,1-4H3;/q+1;-1. The first-order chi connectivity index (χ1) is 12.1. The van der Waals surface area contributed by atoms with Crippen molar-refractivity contribution in [3.63, 3.8) is 0 Å². The second-order valence-electron chi connectivity index (χ2n) is 5.78. The first kappa shape index (κ1) is 23.7. The molecule has 0 atom stereocenters. The van der Waals surface area contributed by atoms with Gasteiger partial charge in [0.1, 0.15) is 11.0 Å². The van der Waals surface area contributed by atoms with Crippen molar-refractivity contribution in [2.45, 2.75) is 6.18 Å². The van der Waals surface area contributed by atoms with Crippen LogP contribution in [-0.4, -0.2) is 58.8 Å². The molecule has 0 saturated heterocycles. The second kappa shape index (κ2) is 6.64. The molecule has 0 saturated carbocycles. The summed E-state index contributed by atoms with van der Waals surface area (Å²) in [4.78, 5) is 8.14. The molecule has 0 spiro atoms. The molecule has 0 bridgehead atoms. The molecular weight excluding hydrogens is 432 g/mol. The maximum atomic E-state index is 12.8. The van der Waals surface area contributed by atoms with Crippen LogP contribution in [0.3, 0.4) is 0 Å². The van der Waals surface area contributed by atoms with E-state index in [-0.39, 0.29) is 5.52 Å². The number of nitrogens with zero attached hydrogens (tertiary/aromatic N) is 5. The van der Waals surface area contributed by atoms with Gasteiger partial charge in [-0.1, -0.05) is 4.85 Å². The predicted molar refractivity (Wildman–Crippen MR) is 83.5 cm³/mol. The second-order valence-corrected chi connectivity index (χ2v) is 7.70. The van der Waals surface area contributed by atoms with Gasteiger partial charge >= 0.3 is 45.2 Å². The van der Waals surface area contributed by atoms with Crippen LogP contribution in [0.25, 0.3) is 11.0 Å². The van der Waals surface area contributed by atoms with Gasteiger partial charge in [-0.2, -0.15) is 13.2 Å². The fourth-order valence-corrected chi connectivity index (χ4v) is 1.78. The van der Waals surface area contributed by atoms with Gasteiger partial charge < -0.3 is 0 Å². The van der Waals surface area contributed by atoms with Gasteiger partial charge in [-0.15, -0.1) is 5.10 Å². The number of fused-ring (bicyclic) bond motifs is 1. The van der Waals surface area contributed by atoms with Crippen LogP contribution >= 0.6 is 7.81 Å². The molecule has 0 N–H and O–H groups in total. The SMILES string of the molecule is CN(C)C(On1nnc2ccc(C(F)(F)F)cc21)=[N+](C)C.F[P-](F)(F)(F)(F)F. The van der Waals surface area contributed by atoms with Crippen LogP contribution in [0.5, 0.6) is 0 Å². The number of halogens is 9. The van der Waals surface area contributed by atoms with Crippen LogP contribution in [0.2, 0.25) is 0 Å². The third-order valence-corrected chi connectivity index (χ3v) is 2.68.